The number of carboxylic acids is 2. The number of hydrogen-bond acceptors (Lipinski definition) is 10. The molecule has 0 saturated carbocycles. The minimum atomic E-state index is -1.36. The molecule has 1 atom stereocenters. The lowest BCUT2D eigenvalue weighted by atomic mass is 10.1. The Morgan fingerprint density at radius 1 is 1.18 bits per heavy atom. The Kier molecular flexibility index (Phi) is 7.26. The number of aromatic nitrogens is 4. The number of nitrogens with one attached hydrogen (secondary N) is 1. The molecule has 0 spiro atoms. The molecular formula is C20H21ClN8O5. The van der Waals surface area contributed by atoms with Gasteiger partial charge in [-0.3, -0.25) is 9.59 Å². The van der Waals surface area contributed by atoms with Crippen LogP contribution < -0.4 is 21.7 Å². The molecule has 3 rings (SSSR count). The highest BCUT2D eigenvalue weighted by atomic mass is 35.5. The Labute approximate surface area is 197 Å². The highest BCUT2D eigenvalue weighted by molar-refractivity contribution is 6.34. The zero-order valence-corrected chi connectivity index (χ0v) is 18.7. The monoisotopic (exact) mass is 488 g/mol. The first-order valence-corrected chi connectivity index (χ1v) is 10.2. The van der Waals surface area contributed by atoms with Gasteiger partial charge in [0.15, 0.2) is 17.0 Å². The summed E-state index contributed by atoms with van der Waals surface area (Å²) in [6, 6.07) is 3.25. The van der Waals surface area contributed by atoms with Crippen LogP contribution in [0.4, 0.5) is 17.5 Å². The first kappa shape index (κ1) is 24.4. The average molecular weight is 489 g/mol. The fourth-order valence-corrected chi connectivity index (χ4v) is 3.34. The second-order valence-corrected chi connectivity index (χ2v) is 7.72. The first-order valence-electron chi connectivity index (χ1n) is 9.86. The van der Waals surface area contributed by atoms with E-state index in [4.69, 9.17) is 28.2 Å². The summed E-state index contributed by atoms with van der Waals surface area (Å²) in [4.78, 5) is 52.8. The lowest BCUT2D eigenvalue weighted by molar-refractivity contribution is -0.140. The summed E-state index contributed by atoms with van der Waals surface area (Å²) in [7, 11) is 1.77. The quantitative estimate of drug-likeness (QED) is 0.284. The first-order chi connectivity index (χ1) is 16.0. The van der Waals surface area contributed by atoms with Gasteiger partial charge in [-0.15, -0.1) is 0 Å². The van der Waals surface area contributed by atoms with Crippen molar-refractivity contribution in [3.8, 4) is 0 Å². The Hall–Kier alpha value is -4.26. The minimum absolute atomic E-state index is 0.000465. The standard InChI is InChI=1S/C20H21ClN8O5/c1-29(8-9-7-24-17-15(25-9)16(22)27-20(23)28-17)10-2-3-11(12(21)6-10)18(32)26-13(19(33)34)4-5-14(30)31/h2-3,6-7,13H,4-5,8H2,1H3,(H,26,32)(H,30,31)(H,33,34)(H4,22,23,24,27,28)/t13-/m0/s1. The summed E-state index contributed by atoms with van der Waals surface area (Å²) in [5.74, 6) is -3.12. The van der Waals surface area contributed by atoms with Gasteiger partial charge in [0.05, 0.1) is 29.0 Å². The maximum absolute atomic E-state index is 12.5. The molecule has 0 aliphatic heterocycles. The summed E-state index contributed by atoms with van der Waals surface area (Å²) >= 11 is 6.27. The van der Waals surface area contributed by atoms with E-state index in [1.165, 1.54) is 18.3 Å². The summed E-state index contributed by atoms with van der Waals surface area (Å²) in [6.45, 7) is 0.310. The molecule has 1 amide bonds. The van der Waals surface area contributed by atoms with Gasteiger partial charge in [-0.25, -0.2) is 14.8 Å². The zero-order chi connectivity index (χ0) is 25.0. The zero-order valence-electron chi connectivity index (χ0n) is 17.9. The van der Waals surface area contributed by atoms with E-state index in [0.717, 1.165) is 0 Å². The molecule has 0 radical (unpaired) electrons. The number of carbonyl (C=O) groups is 3. The van der Waals surface area contributed by atoms with Crippen molar-refractivity contribution in [1.82, 2.24) is 25.3 Å². The van der Waals surface area contributed by atoms with Crippen LogP contribution in [0.1, 0.15) is 28.9 Å². The van der Waals surface area contributed by atoms with Crippen molar-refractivity contribution in [3.05, 3.63) is 40.7 Å². The van der Waals surface area contributed by atoms with E-state index in [9.17, 15) is 19.5 Å². The van der Waals surface area contributed by atoms with Crippen molar-refractivity contribution in [1.29, 1.82) is 0 Å². The second-order valence-electron chi connectivity index (χ2n) is 7.32. The van der Waals surface area contributed by atoms with Crippen LogP contribution in [0.5, 0.6) is 0 Å². The van der Waals surface area contributed by atoms with Crippen LogP contribution in [0.3, 0.4) is 0 Å². The lowest BCUT2D eigenvalue weighted by Gasteiger charge is -2.20. The maximum atomic E-state index is 12.5. The van der Waals surface area contributed by atoms with Gasteiger partial charge in [0.25, 0.3) is 5.91 Å². The molecule has 0 bridgehead atoms. The summed E-state index contributed by atoms with van der Waals surface area (Å²) < 4.78 is 0. The van der Waals surface area contributed by atoms with E-state index in [2.05, 4.69) is 25.3 Å². The molecule has 178 valence electrons. The molecule has 0 aliphatic rings. The third-order valence-electron chi connectivity index (χ3n) is 4.79. The number of fused-ring (bicyclic) bond motifs is 1. The van der Waals surface area contributed by atoms with E-state index >= 15 is 0 Å². The summed E-state index contributed by atoms with van der Waals surface area (Å²) in [5.41, 5.74) is 13.3. The molecule has 7 N–H and O–H groups in total. The van der Waals surface area contributed by atoms with Gasteiger partial charge in [0, 0.05) is 19.2 Å². The lowest BCUT2D eigenvalue weighted by Crippen LogP contribution is -2.41. The number of amides is 1. The number of hydrogen-bond donors (Lipinski definition) is 5. The predicted octanol–water partition coefficient (Wildman–Crippen LogP) is 0.922. The molecule has 1 aromatic carbocycles. The highest BCUT2D eigenvalue weighted by Gasteiger charge is 2.23. The number of halogens is 1. The smallest absolute Gasteiger partial charge is 0.326 e. The molecule has 13 nitrogen and oxygen atoms in total. The molecule has 0 fully saturated rings. The fourth-order valence-electron chi connectivity index (χ4n) is 3.08. The van der Waals surface area contributed by atoms with Crippen LogP contribution in [-0.2, 0) is 16.1 Å². The van der Waals surface area contributed by atoms with Crippen LogP contribution in [-0.4, -0.2) is 61.1 Å². The third kappa shape index (κ3) is 5.75. The maximum Gasteiger partial charge on any atom is 0.326 e. The minimum Gasteiger partial charge on any atom is -0.481 e. The van der Waals surface area contributed by atoms with Crippen molar-refractivity contribution in [3.63, 3.8) is 0 Å². The average Bonchev–Trinajstić information content (AvgIpc) is 2.76. The number of nitrogens with zero attached hydrogens (tertiary/aromatic N) is 5. The van der Waals surface area contributed by atoms with Gasteiger partial charge in [-0.2, -0.15) is 9.97 Å². The number of nitrogens with two attached hydrogens (primary N) is 2. The Morgan fingerprint density at radius 3 is 2.56 bits per heavy atom. The molecule has 14 heteroatoms. The van der Waals surface area contributed by atoms with Crippen molar-refractivity contribution >= 4 is 58.1 Å². The molecule has 0 unspecified atom stereocenters. The van der Waals surface area contributed by atoms with E-state index in [0.29, 0.717) is 23.4 Å². The third-order valence-corrected chi connectivity index (χ3v) is 5.10. The van der Waals surface area contributed by atoms with Gasteiger partial charge in [-0.05, 0) is 24.6 Å². The van der Waals surface area contributed by atoms with Crippen molar-refractivity contribution < 1.29 is 24.6 Å². The summed E-state index contributed by atoms with van der Waals surface area (Å²) in [5, 5.41) is 20.3. The van der Waals surface area contributed by atoms with Crippen molar-refractivity contribution in [2.75, 3.05) is 23.4 Å². The van der Waals surface area contributed by atoms with E-state index < -0.39 is 30.3 Å². The van der Waals surface area contributed by atoms with Gasteiger partial charge >= 0.3 is 11.9 Å². The Morgan fingerprint density at radius 2 is 1.91 bits per heavy atom. The fraction of sp³-hybridized carbons (Fsp3) is 0.250. The summed E-state index contributed by atoms with van der Waals surface area (Å²) in [6.07, 6.45) is 0.860. The van der Waals surface area contributed by atoms with E-state index in [1.807, 2.05) is 0 Å². The van der Waals surface area contributed by atoms with Crippen LogP contribution in [0, 0.1) is 0 Å². The molecule has 0 aliphatic carbocycles. The number of carboxylic acid groups (broad SMARTS) is 2. The van der Waals surface area contributed by atoms with Gasteiger partial charge in [0.1, 0.15) is 6.04 Å². The molecule has 2 heterocycles. The number of rotatable bonds is 9. The second kappa shape index (κ2) is 10.1. The van der Waals surface area contributed by atoms with Crippen LogP contribution in [0.15, 0.2) is 24.4 Å². The normalized spacial score (nSPS) is 11.7. The van der Waals surface area contributed by atoms with Crippen molar-refractivity contribution in [2.24, 2.45) is 0 Å². The number of benzene rings is 1. The molecule has 0 saturated heterocycles. The molecule has 34 heavy (non-hydrogen) atoms. The Balaban J connectivity index is 1.73. The van der Waals surface area contributed by atoms with Gasteiger partial charge in [-0.1, -0.05) is 11.6 Å². The topological polar surface area (TPSA) is 211 Å². The molecule has 2 aromatic heterocycles. The number of nitrogen functional groups attached to an aromatic ring is 2. The van der Waals surface area contributed by atoms with E-state index in [1.54, 1.807) is 18.0 Å². The molecular weight excluding hydrogens is 468 g/mol. The molecule has 3 aromatic rings. The van der Waals surface area contributed by atoms with Crippen LogP contribution in [0.2, 0.25) is 5.02 Å². The number of anilines is 3. The van der Waals surface area contributed by atoms with Gasteiger partial charge in [0.2, 0.25) is 5.95 Å². The van der Waals surface area contributed by atoms with Crippen LogP contribution >= 0.6 is 11.6 Å². The van der Waals surface area contributed by atoms with Crippen molar-refractivity contribution in [2.45, 2.75) is 25.4 Å². The number of carbonyl (C=O) groups excluding carboxylic acids is 1. The number of aliphatic carboxylic acids is 2. The predicted molar refractivity (Wildman–Crippen MR) is 123 cm³/mol. The van der Waals surface area contributed by atoms with Gasteiger partial charge < -0.3 is 31.9 Å². The SMILES string of the molecule is CN(Cc1cnc2nc(N)nc(N)c2n1)c1ccc(C(=O)N[C@@H](CCC(=O)O)C(=O)O)c(Cl)c1. The Bertz CT molecular complexity index is 1270. The largest absolute Gasteiger partial charge is 0.481 e. The van der Waals surface area contributed by atoms with Crippen LogP contribution in [0.25, 0.3) is 11.2 Å². The highest BCUT2D eigenvalue weighted by Crippen LogP contribution is 2.25. The van der Waals surface area contributed by atoms with E-state index in [-0.39, 0.29) is 34.4 Å².